The molecule has 2 atom stereocenters. The molecule has 0 radical (unpaired) electrons. The first-order chi connectivity index (χ1) is 13.3. The van der Waals surface area contributed by atoms with Crippen molar-refractivity contribution in [3.05, 3.63) is 54.1 Å². The Balaban J connectivity index is 1.78. The molecule has 2 unspecified atom stereocenters. The predicted molar refractivity (Wildman–Crippen MR) is 109 cm³/mol. The number of fused-ring (bicyclic) bond motifs is 4. The molecule has 0 saturated heterocycles. The number of nitrogens with one attached hydrogen (secondary N) is 1. The first kappa shape index (κ1) is 17.6. The number of pyridine rings is 2. The fourth-order valence-corrected chi connectivity index (χ4v) is 5.54. The fraction of sp³-hybridized carbons (Fsp3) is 0.391. The summed E-state index contributed by atoms with van der Waals surface area (Å²) in [5, 5.41) is 15.9. The van der Waals surface area contributed by atoms with Gasteiger partial charge in [-0.05, 0) is 74.6 Å². The molecule has 4 nitrogen and oxygen atoms in total. The summed E-state index contributed by atoms with van der Waals surface area (Å²) < 4.78 is 15.3. The van der Waals surface area contributed by atoms with Crippen LogP contribution in [-0.2, 0) is 5.41 Å². The van der Waals surface area contributed by atoms with Crippen molar-refractivity contribution in [2.24, 2.45) is 0 Å². The molecule has 1 aromatic carbocycles. The highest BCUT2D eigenvalue weighted by Crippen LogP contribution is 2.59. The van der Waals surface area contributed by atoms with Crippen molar-refractivity contribution in [2.75, 3.05) is 5.32 Å². The predicted octanol–water partition coefficient (Wildman–Crippen LogP) is 4.81. The van der Waals surface area contributed by atoms with Crippen LogP contribution in [0.3, 0.4) is 0 Å². The van der Waals surface area contributed by atoms with Crippen molar-refractivity contribution in [3.8, 4) is 11.1 Å². The molecular weight excluding hydrogens is 353 g/mol. The van der Waals surface area contributed by atoms with Crippen LogP contribution in [0.15, 0.2) is 42.7 Å². The molecule has 0 amide bonds. The summed E-state index contributed by atoms with van der Waals surface area (Å²) in [6.07, 6.45) is 5.92. The maximum Gasteiger partial charge on any atom is 0.159 e. The van der Waals surface area contributed by atoms with E-state index in [1.807, 2.05) is 38.1 Å². The minimum atomic E-state index is -0.885. The van der Waals surface area contributed by atoms with E-state index in [4.69, 9.17) is 0 Å². The molecule has 5 heteroatoms. The van der Waals surface area contributed by atoms with E-state index >= 15 is 4.39 Å². The molecule has 1 aliphatic heterocycles. The summed E-state index contributed by atoms with van der Waals surface area (Å²) >= 11 is 0. The Morgan fingerprint density at radius 3 is 2.64 bits per heavy atom. The van der Waals surface area contributed by atoms with Gasteiger partial charge in [-0.25, -0.2) is 14.4 Å². The Morgan fingerprint density at radius 1 is 1.04 bits per heavy atom. The standard InChI is InChI=1S/C23H24FN3O/c1-21(2)23(28)9-5-8-22(23,3)17-12-16(18(24)13-19(17)27-21)14-7-11-26-20-15(14)6-4-10-25-20/h4,6-7,10-13,27-28H,5,8-9H2,1-3H3. The van der Waals surface area contributed by atoms with E-state index < -0.39 is 16.6 Å². The van der Waals surface area contributed by atoms with Gasteiger partial charge in [0.25, 0.3) is 0 Å². The Morgan fingerprint density at radius 2 is 1.82 bits per heavy atom. The average molecular weight is 377 g/mol. The number of aromatic nitrogens is 2. The maximum atomic E-state index is 15.3. The third-order valence-electron chi connectivity index (χ3n) is 7.12. The van der Waals surface area contributed by atoms with Gasteiger partial charge in [0.05, 0.1) is 11.1 Å². The number of nitrogens with zero attached hydrogens (tertiary/aromatic N) is 2. The first-order valence-electron chi connectivity index (χ1n) is 9.82. The zero-order valence-electron chi connectivity index (χ0n) is 16.4. The second kappa shape index (κ2) is 5.51. The van der Waals surface area contributed by atoms with E-state index in [0.29, 0.717) is 11.2 Å². The van der Waals surface area contributed by atoms with Crippen molar-refractivity contribution >= 4 is 16.7 Å². The van der Waals surface area contributed by atoms with E-state index in [2.05, 4.69) is 22.2 Å². The Labute approximate surface area is 163 Å². The number of hydrogen-bond donors (Lipinski definition) is 2. The van der Waals surface area contributed by atoms with Crippen LogP contribution >= 0.6 is 0 Å². The summed E-state index contributed by atoms with van der Waals surface area (Å²) in [5.41, 5.74) is 1.80. The molecule has 2 aliphatic rings. The minimum Gasteiger partial charge on any atom is -0.387 e. The average Bonchev–Trinajstić information content (AvgIpc) is 2.98. The summed E-state index contributed by atoms with van der Waals surface area (Å²) in [5.74, 6) is -0.287. The van der Waals surface area contributed by atoms with Crippen LogP contribution in [0.1, 0.15) is 45.6 Å². The van der Waals surface area contributed by atoms with Gasteiger partial charge in [0.2, 0.25) is 0 Å². The Hall–Kier alpha value is -2.53. The number of aliphatic hydroxyl groups is 1. The van der Waals surface area contributed by atoms with Crippen molar-refractivity contribution < 1.29 is 9.50 Å². The third-order valence-corrected chi connectivity index (χ3v) is 7.12. The molecule has 2 aromatic heterocycles. The molecule has 2 N–H and O–H groups in total. The summed E-state index contributed by atoms with van der Waals surface area (Å²) in [4.78, 5) is 8.59. The van der Waals surface area contributed by atoms with E-state index in [1.165, 1.54) is 0 Å². The van der Waals surface area contributed by atoms with Gasteiger partial charge >= 0.3 is 0 Å². The molecule has 3 heterocycles. The summed E-state index contributed by atoms with van der Waals surface area (Å²) in [7, 11) is 0. The van der Waals surface area contributed by atoms with Crippen LogP contribution < -0.4 is 5.32 Å². The lowest BCUT2D eigenvalue weighted by Crippen LogP contribution is -2.65. The monoisotopic (exact) mass is 377 g/mol. The van der Waals surface area contributed by atoms with Crippen molar-refractivity contribution in [1.29, 1.82) is 0 Å². The third kappa shape index (κ3) is 2.08. The zero-order chi connectivity index (χ0) is 19.7. The van der Waals surface area contributed by atoms with Crippen LogP contribution in [0.25, 0.3) is 22.2 Å². The lowest BCUT2D eigenvalue weighted by molar-refractivity contribution is -0.0628. The number of rotatable bonds is 1. The molecule has 1 fully saturated rings. The smallest absolute Gasteiger partial charge is 0.159 e. The van der Waals surface area contributed by atoms with Gasteiger partial charge in [0.1, 0.15) is 5.82 Å². The molecule has 28 heavy (non-hydrogen) atoms. The Bertz CT molecular complexity index is 1110. The van der Waals surface area contributed by atoms with Gasteiger partial charge < -0.3 is 10.4 Å². The SMILES string of the molecule is CC1(C)Nc2cc(F)c(-c3ccnc4ncccc34)cc2C2(C)CCCC12O. The second-order valence-electron chi connectivity index (χ2n) is 8.91. The topological polar surface area (TPSA) is 58.0 Å². The van der Waals surface area contributed by atoms with E-state index in [1.54, 1.807) is 18.5 Å². The first-order valence-corrected chi connectivity index (χ1v) is 9.82. The second-order valence-corrected chi connectivity index (χ2v) is 8.91. The lowest BCUT2D eigenvalue weighted by Gasteiger charge is -2.55. The quantitative estimate of drug-likeness (QED) is 0.639. The normalized spacial score (nSPS) is 27.9. The van der Waals surface area contributed by atoms with E-state index in [9.17, 15) is 5.11 Å². The highest BCUT2D eigenvalue weighted by Gasteiger charge is 2.62. The van der Waals surface area contributed by atoms with Crippen LogP contribution in [-0.4, -0.2) is 26.2 Å². The van der Waals surface area contributed by atoms with Crippen molar-refractivity contribution in [2.45, 2.75) is 56.6 Å². The zero-order valence-corrected chi connectivity index (χ0v) is 16.4. The van der Waals surface area contributed by atoms with Crippen molar-refractivity contribution in [1.82, 2.24) is 9.97 Å². The van der Waals surface area contributed by atoms with Gasteiger partial charge in [-0.2, -0.15) is 0 Å². The Kier molecular flexibility index (Phi) is 3.45. The van der Waals surface area contributed by atoms with Crippen LogP contribution in [0.2, 0.25) is 0 Å². The molecule has 1 saturated carbocycles. The molecule has 144 valence electrons. The fourth-order valence-electron chi connectivity index (χ4n) is 5.54. The molecule has 3 aromatic rings. The largest absolute Gasteiger partial charge is 0.387 e. The van der Waals surface area contributed by atoms with Gasteiger partial charge in [0, 0.05) is 34.4 Å². The lowest BCUT2D eigenvalue weighted by atomic mass is 9.60. The summed E-state index contributed by atoms with van der Waals surface area (Å²) in [6, 6.07) is 9.09. The molecule has 0 bridgehead atoms. The highest BCUT2D eigenvalue weighted by atomic mass is 19.1. The minimum absolute atomic E-state index is 0.287. The van der Waals surface area contributed by atoms with Gasteiger partial charge in [-0.3, -0.25) is 0 Å². The van der Waals surface area contributed by atoms with E-state index in [-0.39, 0.29) is 5.82 Å². The van der Waals surface area contributed by atoms with Gasteiger partial charge in [0.15, 0.2) is 5.65 Å². The van der Waals surface area contributed by atoms with E-state index in [0.717, 1.165) is 41.5 Å². The molecule has 5 rings (SSSR count). The molecule has 1 aliphatic carbocycles. The number of hydrogen-bond acceptors (Lipinski definition) is 4. The molecular formula is C23H24FN3O. The number of benzene rings is 1. The van der Waals surface area contributed by atoms with Crippen LogP contribution in [0.5, 0.6) is 0 Å². The van der Waals surface area contributed by atoms with Crippen molar-refractivity contribution in [3.63, 3.8) is 0 Å². The van der Waals surface area contributed by atoms with Gasteiger partial charge in [-0.1, -0.05) is 6.92 Å². The summed E-state index contributed by atoms with van der Waals surface area (Å²) in [6.45, 7) is 6.13. The number of halogens is 1. The maximum absolute atomic E-state index is 15.3. The molecule has 0 spiro atoms. The van der Waals surface area contributed by atoms with Gasteiger partial charge in [-0.15, -0.1) is 0 Å². The van der Waals surface area contributed by atoms with Crippen LogP contribution in [0.4, 0.5) is 10.1 Å². The number of anilines is 1. The van der Waals surface area contributed by atoms with Crippen LogP contribution in [0, 0.1) is 5.82 Å². The highest BCUT2D eigenvalue weighted by molar-refractivity contribution is 5.93.